The summed E-state index contributed by atoms with van der Waals surface area (Å²) in [4.78, 5) is 0. The van der Waals surface area contributed by atoms with Crippen LogP contribution in [0.15, 0.2) is 12.3 Å². The average molecular weight is 337 g/mol. The quantitative estimate of drug-likeness (QED) is 0.400. The summed E-state index contributed by atoms with van der Waals surface area (Å²) in [5.74, 6) is 0.0958. The molecule has 5 heteroatoms. The third-order valence-electron chi connectivity index (χ3n) is 2.09. The first-order valence-corrected chi connectivity index (χ1v) is 8.69. The Morgan fingerprint density at radius 3 is 1.43 bits per heavy atom. The van der Waals surface area contributed by atoms with Gasteiger partial charge in [0.2, 0.25) is 0 Å². The van der Waals surface area contributed by atoms with Gasteiger partial charge in [0.15, 0.2) is 0 Å². The van der Waals surface area contributed by atoms with E-state index in [9.17, 15) is 0 Å². The van der Waals surface area contributed by atoms with Crippen molar-refractivity contribution in [3.63, 3.8) is 0 Å². The minimum atomic E-state index is 0.0958. The monoisotopic (exact) mass is 336 g/mol. The van der Waals surface area contributed by atoms with E-state index >= 15 is 0 Å². The van der Waals surface area contributed by atoms with Gasteiger partial charge >= 0.3 is 0 Å². The van der Waals surface area contributed by atoms with Gasteiger partial charge < -0.3 is 24.1 Å². The van der Waals surface area contributed by atoms with Gasteiger partial charge in [-0.05, 0) is 25.7 Å². The zero-order valence-electron chi connectivity index (χ0n) is 16.1. The smallest absolute Gasteiger partial charge is 0.111 e. The van der Waals surface area contributed by atoms with Crippen molar-refractivity contribution in [3.05, 3.63) is 12.3 Å². The Morgan fingerprint density at radius 2 is 1.09 bits per heavy atom. The number of ether oxygens (including phenoxy) is 4. The molecule has 0 spiro atoms. The fourth-order valence-electron chi connectivity index (χ4n) is 1.11. The number of aliphatic hydroxyl groups is 1. The van der Waals surface area contributed by atoms with Crippen LogP contribution in [0, 0.1) is 0 Å². The van der Waals surface area contributed by atoms with Crippen molar-refractivity contribution in [3.8, 4) is 0 Å². The number of hydrogen-bond donors (Lipinski definition) is 1. The zero-order chi connectivity index (χ0) is 18.2. The summed E-state index contributed by atoms with van der Waals surface area (Å²) in [6.45, 7) is 16.7. The topological polar surface area (TPSA) is 57.2 Å². The summed E-state index contributed by atoms with van der Waals surface area (Å²) in [5.41, 5.74) is 0. The first kappa shape index (κ1) is 27.2. The molecule has 0 rings (SSSR count). The molecule has 0 bridgehead atoms. The highest BCUT2D eigenvalue weighted by Crippen LogP contribution is 1.85. The first-order valence-electron chi connectivity index (χ1n) is 8.69. The molecule has 0 unspecified atom stereocenters. The number of rotatable bonds is 13. The van der Waals surface area contributed by atoms with Crippen LogP contribution in [0.3, 0.4) is 0 Å². The molecule has 5 nitrogen and oxygen atoms in total. The fourth-order valence-corrected chi connectivity index (χ4v) is 1.11. The van der Waals surface area contributed by atoms with Crippen molar-refractivity contribution >= 4 is 0 Å². The largest absolute Gasteiger partial charge is 0.510 e. The lowest BCUT2D eigenvalue weighted by molar-refractivity contribution is 0.0710. The molecule has 0 aliphatic rings. The van der Waals surface area contributed by atoms with E-state index in [1.165, 1.54) is 0 Å². The minimum absolute atomic E-state index is 0.0958. The van der Waals surface area contributed by atoms with Crippen molar-refractivity contribution < 1.29 is 24.1 Å². The molecular formula is C18H40O5. The molecule has 0 aliphatic carbocycles. The SMILES string of the molecule is C=C(O)COCCC.CCCOCCC.CCCOCCOC. The van der Waals surface area contributed by atoms with Gasteiger partial charge in [0, 0.05) is 33.5 Å². The number of methoxy groups -OCH3 is 1. The van der Waals surface area contributed by atoms with Crippen LogP contribution in [0.25, 0.3) is 0 Å². The molecular weight excluding hydrogens is 296 g/mol. The normalized spacial score (nSPS) is 9.43. The average Bonchev–Trinajstić information content (AvgIpc) is 2.53. The van der Waals surface area contributed by atoms with E-state index in [0.29, 0.717) is 13.2 Å². The molecule has 0 saturated carbocycles. The van der Waals surface area contributed by atoms with Crippen molar-refractivity contribution in [1.29, 1.82) is 0 Å². The van der Waals surface area contributed by atoms with E-state index in [4.69, 9.17) is 24.1 Å². The van der Waals surface area contributed by atoms with E-state index in [2.05, 4.69) is 27.4 Å². The summed E-state index contributed by atoms with van der Waals surface area (Å²) < 4.78 is 19.9. The summed E-state index contributed by atoms with van der Waals surface area (Å²) in [5, 5.41) is 8.46. The highest BCUT2D eigenvalue weighted by molar-refractivity contribution is 4.77. The predicted octanol–water partition coefficient (Wildman–Crippen LogP) is 4.37. The van der Waals surface area contributed by atoms with Crippen LogP contribution in [0.5, 0.6) is 0 Å². The molecule has 0 aromatic rings. The van der Waals surface area contributed by atoms with E-state index in [0.717, 1.165) is 52.1 Å². The van der Waals surface area contributed by atoms with Crippen molar-refractivity contribution in [2.24, 2.45) is 0 Å². The molecule has 0 aliphatic heterocycles. The first-order chi connectivity index (χ1) is 11.1. The van der Waals surface area contributed by atoms with Gasteiger partial charge in [0.05, 0.1) is 13.2 Å². The Labute approximate surface area is 144 Å². The van der Waals surface area contributed by atoms with Gasteiger partial charge in [0.25, 0.3) is 0 Å². The lowest BCUT2D eigenvalue weighted by Gasteiger charge is -1.98. The maximum absolute atomic E-state index is 8.46. The van der Waals surface area contributed by atoms with Crippen LogP contribution in [0.1, 0.15) is 53.4 Å². The molecule has 0 radical (unpaired) electrons. The molecule has 0 amide bonds. The van der Waals surface area contributed by atoms with Crippen molar-refractivity contribution in [2.45, 2.75) is 53.4 Å². The standard InChI is InChI=1S/C6H14O2.C6H12O2.C6H14O/c1-3-4-8-6-5-7-2;1-3-4-8-5-6(2)7;1-3-5-7-6-4-2/h3-6H2,1-2H3;7H,2-5H2,1H3;3-6H2,1-2H3. The summed E-state index contributed by atoms with van der Waals surface area (Å²) in [6.07, 6.45) is 4.34. The fraction of sp³-hybridized carbons (Fsp3) is 0.889. The molecule has 1 N–H and O–H groups in total. The maximum Gasteiger partial charge on any atom is 0.111 e. The van der Waals surface area contributed by atoms with Gasteiger partial charge in [-0.3, -0.25) is 0 Å². The number of aliphatic hydroxyl groups excluding tert-OH is 1. The highest BCUT2D eigenvalue weighted by Gasteiger charge is 1.85. The van der Waals surface area contributed by atoms with Gasteiger partial charge in [-0.1, -0.05) is 34.3 Å². The predicted molar refractivity (Wildman–Crippen MR) is 97.3 cm³/mol. The second kappa shape index (κ2) is 29.4. The van der Waals surface area contributed by atoms with E-state index in [1.807, 2.05) is 6.92 Å². The van der Waals surface area contributed by atoms with Crippen LogP contribution < -0.4 is 0 Å². The highest BCUT2D eigenvalue weighted by atomic mass is 16.5. The minimum Gasteiger partial charge on any atom is -0.510 e. The third kappa shape index (κ3) is 44.9. The zero-order valence-corrected chi connectivity index (χ0v) is 16.1. The van der Waals surface area contributed by atoms with Gasteiger partial charge in [-0.15, -0.1) is 0 Å². The summed E-state index contributed by atoms with van der Waals surface area (Å²) in [6, 6.07) is 0. The molecule has 0 aromatic heterocycles. The molecule has 23 heavy (non-hydrogen) atoms. The Kier molecular flexibility index (Phi) is 34.8. The van der Waals surface area contributed by atoms with Crippen molar-refractivity contribution in [2.75, 3.05) is 53.4 Å². The van der Waals surface area contributed by atoms with Crippen LogP contribution >= 0.6 is 0 Å². The van der Waals surface area contributed by atoms with Gasteiger partial charge in [-0.25, -0.2) is 0 Å². The van der Waals surface area contributed by atoms with Gasteiger partial charge in [-0.2, -0.15) is 0 Å². The summed E-state index contributed by atoms with van der Waals surface area (Å²) in [7, 11) is 1.68. The Bertz CT molecular complexity index is 188. The second-order valence-electron chi connectivity index (χ2n) is 4.84. The van der Waals surface area contributed by atoms with Crippen LogP contribution in [0.4, 0.5) is 0 Å². The van der Waals surface area contributed by atoms with E-state index in [-0.39, 0.29) is 12.4 Å². The number of hydrogen-bond acceptors (Lipinski definition) is 5. The maximum atomic E-state index is 8.46. The molecule has 0 saturated heterocycles. The Morgan fingerprint density at radius 1 is 0.696 bits per heavy atom. The molecule has 0 fully saturated rings. The van der Waals surface area contributed by atoms with Crippen molar-refractivity contribution in [1.82, 2.24) is 0 Å². The van der Waals surface area contributed by atoms with Crippen LogP contribution in [-0.4, -0.2) is 58.5 Å². The molecule has 0 aromatic carbocycles. The lowest BCUT2D eigenvalue weighted by atomic mass is 10.5. The molecule has 0 heterocycles. The molecule has 142 valence electrons. The van der Waals surface area contributed by atoms with E-state index in [1.54, 1.807) is 7.11 Å². The van der Waals surface area contributed by atoms with Gasteiger partial charge in [0.1, 0.15) is 12.4 Å². The third-order valence-corrected chi connectivity index (χ3v) is 2.09. The van der Waals surface area contributed by atoms with Crippen LogP contribution in [0.2, 0.25) is 0 Å². The summed E-state index contributed by atoms with van der Waals surface area (Å²) >= 11 is 0. The van der Waals surface area contributed by atoms with E-state index < -0.39 is 0 Å². The second-order valence-corrected chi connectivity index (χ2v) is 4.84. The lowest BCUT2D eigenvalue weighted by Crippen LogP contribution is -2.01. The van der Waals surface area contributed by atoms with Crippen LogP contribution in [-0.2, 0) is 18.9 Å². The Balaban J connectivity index is -0.000000262. The molecule has 0 atom stereocenters. The Hall–Kier alpha value is -0.620.